The largest absolute Gasteiger partial charge is 0.379 e. The molecule has 120 valence electrons. The van der Waals surface area contributed by atoms with Crippen LogP contribution in [0.4, 0.5) is 11.4 Å². The number of nitrogens with one attached hydrogen (secondary N) is 1. The average molecular weight is 336 g/mol. The minimum atomic E-state index is -4.23. The summed E-state index contributed by atoms with van der Waals surface area (Å²) in [6.07, 6.45) is 0. The first kappa shape index (κ1) is 16.4. The van der Waals surface area contributed by atoms with E-state index in [0.717, 1.165) is 18.2 Å². The Morgan fingerprint density at radius 2 is 1.83 bits per heavy atom. The summed E-state index contributed by atoms with van der Waals surface area (Å²) in [5.41, 5.74) is -0.640. The number of anilines is 1. The Labute approximate surface area is 132 Å². The van der Waals surface area contributed by atoms with Crippen LogP contribution in [0.15, 0.2) is 53.4 Å². The highest BCUT2D eigenvalue weighted by Gasteiger charge is 2.23. The molecule has 0 radical (unpaired) electrons. The van der Waals surface area contributed by atoms with E-state index in [2.05, 4.69) is 5.32 Å². The summed E-state index contributed by atoms with van der Waals surface area (Å²) in [6, 6.07) is 10.9. The summed E-state index contributed by atoms with van der Waals surface area (Å²) in [5.74, 6) is -0.426. The lowest BCUT2D eigenvalue weighted by molar-refractivity contribution is -0.384. The van der Waals surface area contributed by atoms with E-state index in [1.807, 2.05) is 0 Å². The molecule has 0 aromatic heterocycles. The van der Waals surface area contributed by atoms with Gasteiger partial charge < -0.3 is 9.50 Å². The number of amides is 1. The van der Waals surface area contributed by atoms with Gasteiger partial charge in [-0.2, -0.15) is 8.42 Å². The van der Waals surface area contributed by atoms with Crippen LogP contribution in [0.5, 0.6) is 5.75 Å². The Kier molecular flexibility index (Phi) is 4.60. The minimum absolute atomic E-state index is 0.0843. The Balaban J connectivity index is 2.41. The summed E-state index contributed by atoms with van der Waals surface area (Å²) in [6.45, 7) is 1.19. The molecule has 0 atom stereocenters. The van der Waals surface area contributed by atoms with Crippen LogP contribution in [0, 0.1) is 10.1 Å². The molecule has 0 bridgehead atoms. The molecule has 2 aromatic rings. The molecule has 1 amide bonds. The average Bonchev–Trinajstić information content (AvgIpc) is 2.47. The standard InChI is InChI=1S/C14H12N2O6S/c1-10(17)15-13-8-7-12(9-14(13)16(18)19)23(20,21)22-11-5-3-2-4-6-11/h2-9H,1H3,(H,15,17). The van der Waals surface area contributed by atoms with Crippen LogP contribution in [0.2, 0.25) is 0 Å². The van der Waals surface area contributed by atoms with Crippen molar-refractivity contribution in [2.24, 2.45) is 0 Å². The van der Waals surface area contributed by atoms with Crippen molar-refractivity contribution in [2.45, 2.75) is 11.8 Å². The monoisotopic (exact) mass is 336 g/mol. The topological polar surface area (TPSA) is 116 Å². The van der Waals surface area contributed by atoms with Crippen LogP contribution >= 0.6 is 0 Å². The molecule has 0 aliphatic carbocycles. The summed E-state index contributed by atoms with van der Waals surface area (Å²) in [4.78, 5) is 20.9. The first-order valence-electron chi connectivity index (χ1n) is 6.35. The van der Waals surface area contributed by atoms with Crippen LogP contribution < -0.4 is 9.50 Å². The van der Waals surface area contributed by atoms with Crippen molar-refractivity contribution in [1.29, 1.82) is 0 Å². The lowest BCUT2D eigenvalue weighted by Gasteiger charge is -2.08. The van der Waals surface area contributed by atoms with Gasteiger partial charge in [0, 0.05) is 13.0 Å². The van der Waals surface area contributed by atoms with Gasteiger partial charge in [-0.3, -0.25) is 14.9 Å². The normalized spacial score (nSPS) is 10.8. The van der Waals surface area contributed by atoms with Gasteiger partial charge in [0.1, 0.15) is 16.3 Å². The number of para-hydroxylation sites is 1. The summed E-state index contributed by atoms with van der Waals surface area (Å²) in [7, 11) is -4.23. The van der Waals surface area contributed by atoms with Gasteiger partial charge >= 0.3 is 10.1 Å². The molecule has 0 aliphatic rings. The molecule has 0 heterocycles. The van der Waals surface area contributed by atoms with Crippen molar-refractivity contribution < 1.29 is 22.3 Å². The van der Waals surface area contributed by atoms with E-state index in [9.17, 15) is 23.3 Å². The second-order valence-electron chi connectivity index (χ2n) is 4.47. The quantitative estimate of drug-likeness (QED) is 0.509. The Morgan fingerprint density at radius 3 is 2.39 bits per heavy atom. The highest BCUT2D eigenvalue weighted by Crippen LogP contribution is 2.29. The van der Waals surface area contributed by atoms with E-state index in [4.69, 9.17) is 4.18 Å². The molecular formula is C14H12N2O6S. The zero-order valence-electron chi connectivity index (χ0n) is 11.9. The lowest BCUT2D eigenvalue weighted by Crippen LogP contribution is -2.12. The Bertz CT molecular complexity index is 849. The SMILES string of the molecule is CC(=O)Nc1ccc(S(=O)(=O)Oc2ccccc2)cc1[N+](=O)[O-]. The lowest BCUT2D eigenvalue weighted by atomic mass is 10.2. The van der Waals surface area contributed by atoms with Crippen molar-refractivity contribution >= 4 is 27.4 Å². The molecule has 0 spiro atoms. The van der Waals surface area contributed by atoms with Gasteiger partial charge in [0.15, 0.2) is 0 Å². The fourth-order valence-electron chi connectivity index (χ4n) is 1.76. The predicted molar refractivity (Wildman–Crippen MR) is 81.7 cm³/mol. The fraction of sp³-hybridized carbons (Fsp3) is 0.0714. The molecule has 2 aromatic carbocycles. The molecule has 0 fully saturated rings. The predicted octanol–water partition coefficient (Wildman–Crippen LogP) is 2.32. The highest BCUT2D eigenvalue weighted by molar-refractivity contribution is 7.87. The van der Waals surface area contributed by atoms with Crippen LogP contribution in [-0.4, -0.2) is 19.2 Å². The summed E-state index contributed by atoms with van der Waals surface area (Å²) in [5, 5.41) is 13.3. The number of rotatable bonds is 5. The van der Waals surface area contributed by atoms with Gasteiger partial charge in [0.2, 0.25) is 5.91 Å². The number of nitro groups is 1. The maximum absolute atomic E-state index is 12.2. The molecule has 9 heteroatoms. The van der Waals surface area contributed by atoms with E-state index in [1.54, 1.807) is 18.2 Å². The van der Waals surface area contributed by atoms with E-state index in [1.165, 1.54) is 19.1 Å². The molecule has 23 heavy (non-hydrogen) atoms. The van der Waals surface area contributed by atoms with E-state index in [0.29, 0.717) is 0 Å². The van der Waals surface area contributed by atoms with Gasteiger partial charge in [-0.1, -0.05) is 18.2 Å². The van der Waals surface area contributed by atoms with Gasteiger partial charge in [-0.25, -0.2) is 0 Å². The van der Waals surface area contributed by atoms with E-state index >= 15 is 0 Å². The smallest absolute Gasteiger partial charge is 0.339 e. The second-order valence-corrected chi connectivity index (χ2v) is 6.01. The number of carbonyl (C=O) groups is 1. The first-order chi connectivity index (χ1) is 10.8. The molecule has 1 N–H and O–H groups in total. The van der Waals surface area contributed by atoms with E-state index in [-0.39, 0.29) is 16.3 Å². The maximum atomic E-state index is 12.2. The highest BCUT2D eigenvalue weighted by atomic mass is 32.2. The number of benzene rings is 2. The third-order valence-electron chi connectivity index (χ3n) is 2.71. The fourth-order valence-corrected chi connectivity index (χ4v) is 2.72. The van der Waals surface area contributed by atoms with Crippen molar-refractivity contribution in [3.05, 3.63) is 58.6 Å². The third-order valence-corrected chi connectivity index (χ3v) is 3.96. The van der Waals surface area contributed by atoms with Crippen molar-refractivity contribution in [1.82, 2.24) is 0 Å². The van der Waals surface area contributed by atoms with Crippen LogP contribution in [0.3, 0.4) is 0 Å². The van der Waals surface area contributed by atoms with Crippen molar-refractivity contribution in [2.75, 3.05) is 5.32 Å². The molecule has 0 saturated heterocycles. The Morgan fingerprint density at radius 1 is 1.17 bits per heavy atom. The van der Waals surface area contributed by atoms with Gasteiger partial charge in [-0.15, -0.1) is 0 Å². The molecule has 8 nitrogen and oxygen atoms in total. The summed E-state index contributed by atoms with van der Waals surface area (Å²) < 4.78 is 29.3. The zero-order valence-corrected chi connectivity index (χ0v) is 12.7. The Hall–Kier alpha value is -2.94. The van der Waals surface area contributed by atoms with Gasteiger partial charge in [0.25, 0.3) is 5.69 Å². The maximum Gasteiger partial charge on any atom is 0.339 e. The number of nitrogens with zero attached hydrogens (tertiary/aromatic N) is 1. The van der Waals surface area contributed by atoms with Crippen LogP contribution in [0.25, 0.3) is 0 Å². The van der Waals surface area contributed by atoms with Crippen LogP contribution in [0.1, 0.15) is 6.92 Å². The van der Waals surface area contributed by atoms with Gasteiger partial charge in [-0.05, 0) is 24.3 Å². The summed E-state index contributed by atoms with van der Waals surface area (Å²) >= 11 is 0. The molecule has 0 aliphatic heterocycles. The minimum Gasteiger partial charge on any atom is -0.379 e. The van der Waals surface area contributed by atoms with Crippen molar-refractivity contribution in [3.63, 3.8) is 0 Å². The zero-order chi connectivity index (χ0) is 17.0. The van der Waals surface area contributed by atoms with E-state index < -0.39 is 26.6 Å². The number of hydrogen-bond acceptors (Lipinski definition) is 6. The molecule has 2 rings (SSSR count). The number of carbonyl (C=O) groups excluding carboxylic acids is 1. The second kappa shape index (κ2) is 6.44. The third kappa shape index (κ3) is 4.04. The number of hydrogen-bond donors (Lipinski definition) is 1. The first-order valence-corrected chi connectivity index (χ1v) is 7.76. The molecule has 0 saturated carbocycles. The molecule has 0 unspecified atom stereocenters. The van der Waals surface area contributed by atoms with Crippen molar-refractivity contribution in [3.8, 4) is 5.75 Å². The molecular weight excluding hydrogens is 324 g/mol. The number of nitro benzene ring substituents is 1. The van der Waals surface area contributed by atoms with Gasteiger partial charge in [0.05, 0.1) is 4.92 Å². The van der Waals surface area contributed by atoms with Crippen LogP contribution in [-0.2, 0) is 14.9 Å².